The third kappa shape index (κ3) is 3.79. The number of aliphatic carboxylic acids is 1. The smallest absolute Gasteiger partial charge is 0.312 e. The van der Waals surface area contributed by atoms with Crippen molar-refractivity contribution >= 4 is 17.9 Å². The first-order valence-electron chi connectivity index (χ1n) is 9.33. The number of ether oxygens (including phenoxy) is 2. The van der Waals surface area contributed by atoms with Crippen LogP contribution >= 0.6 is 0 Å². The van der Waals surface area contributed by atoms with Gasteiger partial charge < -0.3 is 14.6 Å². The monoisotopic (exact) mass is 366 g/mol. The van der Waals surface area contributed by atoms with Gasteiger partial charge in [0.15, 0.2) is 0 Å². The van der Waals surface area contributed by atoms with E-state index in [1.54, 1.807) is 12.2 Å². The Kier molecular flexibility index (Phi) is 6.14. The van der Waals surface area contributed by atoms with Crippen LogP contribution in [0.2, 0.25) is 0 Å². The molecule has 0 aromatic heterocycles. The molecule has 0 aliphatic heterocycles. The van der Waals surface area contributed by atoms with Crippen LogP contribution in [0, 0.1) is 28.6 Å². The number of allylic oxidation sites excluding steroid dienone is 2. The van der Waals surface area contributed by atoms with Gasteiger partial charge in [-0.15, -0.1) is 0 Å². The summed E-state index contributed by atoms with van der Waals surface area (Å²) in [6, 6.07) is 0. The first kappa shape index (κ1) is 20.5. The molecule has 0 aromatic rings. The van der Waals surface area contributed by atoms with Crippen molar-refractivity contribution in [2.45, 2.75) is 53.4 Å². The van der Waals surface area contributed by atoms with Gasteiger partial charge in [-0.25, -0.2) is 0 Å². The van der Waals surface area contributed by atoms with Gasteiger partial charge in [0.2, 0.25) is 0 Å². The van der Waals surface area contributed by atoms with E-state index in [4.69, 9.17) is 9.47 Å². The fourth-order valence-electron chi connectivity index (χ4n) is 4.31. The summed E-state index contributed by atoms with van der Waals surface area (Å²) >= 11 is 0. The molecule has 26 heavy (non-hydrogen) atoms. The van der Waals surface area contributed by atoms with Gasteiger partial charge in [-0.2, -0.15) is 0 Å². The second-order valence-corrected chi connectivity index (χ2v) is 8.46. The molecule has 0 spiro atoms. The van der Waals surface area contributed by atoms with Crippen LogP contribution in [0.3, 0.4) is 0 Å². The second-order valence-electron chi connectivity index (χ2n) is 8.46. The lowest BCUT2D eigenvalue weighted by atomic mass is 9.49. The van der Waals surface area contributed by atoms with Crippen LogP contribution < -0.4 is 0 Å². The molecule has 2 rings (SSSR count). The molecule has 2 aliphatic rings. The van der Waals surface area contributed by atoms with Gasteiger partial charge in [0.25, 0.3) is 0 Å². The van der Waals surface area contributed by atoms with Gasteiger partial charge in [-0.3, -0.25) is 14.4 Å². The summed E-state index contributed by atoms with van der Waals surface area (Å²) in [5, 5.41) is 9.22. The second kappa shape index (κ2) is 7.80. The Hall–Kier alpha value is -1.85. The van der Waals surface area contributed by atoms with Gasteiger partial charge in [0.05, 0.1) is 17.3 Å². The van der Waals surface area contributed by atoms with E-state index in [1.807, 2.05) is 20.8 Å². The minimum atomic E-state index is -0.992. The van der Waals surface area contributed by atoms with Crippen molar-refractivity contribution in [3.8, 4) is 0 Å². The zero-order valence-corrected chi connectivity index (χ0v) is 16.1. The number of hydrogen-bond donors (Lipinski definition) is 1. The third-order valence-electron chi connectivity index (χ3n) is 6.13. The van der Waals surface area contributed by atoms with E-state index >= 15 is 0 Å². The van der Waals surface area contributed by atoms with Crippen LogP contribution in [-0.4, -0.2) is 36.2 Å². The van der Waals surface area contributed by atoms with Crippen molar-refractivity contribution in [1.29, 1.82) is 0 Å². The van der Waals surface area contributed by atoms with Gasteiger partial charge in [0, 0.05) is 0 Å². The molecule has 4 unspecified atom stereocenters. The van der Waals surface area contributed by atoms with Crippen molar-refractivity contribution in [2.75, 3.05) is 13.2 Å². The SMILES string of the molecule is CC1CCC1(C(=O)OCCOC(=O)C1CC=CCC1C(=O)O)C(C)(C)C. The van der Waals surface area contributed by atoms with Crippen LogP contribution in [0.4, 0.5) is 0 Å². The minimum absolute atomic E-state index is 0.00454. The molecule has 0 heterocycles. The Labute approximate surface area is 154 Å². The molecule has 1 saturated carbocycles. The van der Waals surface area contributed by atoms with Gasteiger partial charge in [0.1, 0.15) is 13.2 Å². The molecule has 0 bridgehead atoms. The number of carboxylic acid groups (broad SMARTS) is 1. The summed E-state index contributed by atoms with van der Waals surface area (Å²) in [6.07, 6.45) is 6.08. The fourth-order valence-corrected chi connectivity index (χ4v) is 4.31. The maximum absolute atomic E-state index is 12.6. The zero-order chi connectivity index (χ0) is 19.5. The topological polar surface area (TPSA) is 89.9 Å². The Morgan fingerprint density at radius 1 is 1.08 bits per heavy atom. The largest absolute Gasteiger partial charge is 0.481 e. The van der Waals surface area contributed by atoms with Crippen molar-refractivity contribution < 1.29 is 29.0 Å². The van der Waals surface area contributed by atoms with Gasteiger partial charge >= 0.3 is 17.9 Å². The maximum atomic E-state index is 12.6. The molecular formula is C20H30O6. The Morgan fingerprint density at radius 2 is 1.65 bits per heavy atom. The average molecular weight is 366 g/mol. The van der Waals surface area contributed by atoms with Crippen molar-refractivity contribution in [1.82, 2.24) is 0 Å². The predicted octanol–water partition coefficient (Wildman–Crippen LogP) is 3.20. The number of carbonyl (C=O) groups is 3. The lowest BCUT2D eigenvalue weighted by molar-refractivity contribution is -0.184. The van der Waals surface area contributed by atoms with E-state index < -0.39 is 29.2 Å². The molecule has 0 radical (unpaired) electrons. The number of rotatable bonds is 6. The Morgan fingerprint density at radius 3 is 2.12 bits per heavy atom. The predicted molar refractivity (Wildman–Crippen MR) is 95.2 cm³/mol. The first-order chi connectivity index (χ1) is 12.1. The van der Waals surface area contributed by atoms with Crippen molar-refractivity contribution in [2.24, 2.45) is 28.6 Å². The van der Waals surface area contributed by atoms with Crippen molar-refractivity contribution in [3.05, 3.63) is 12.2 Å². The van der Waals surface area contributed by atoms with Gasteiger partial charge in [-0.05, 0) is 37.0 Å². The number of hydrogen-bond acceptors (Lipinski definition) is 5. The third-order valence-corrected chi connectivity index (χ3v) is 6.13. The summed E-state index contributed by atoms with van der Waals surface area (Å²) in [6.45, 7) is 8.16. The highest BCUT2D eigenvalue weighted by molar-refractivity contribution is 5.82. The molecule has 6 heteroatoms. The Balaban J connectivity index is 1.83. The molecule has 0 aromatic carbocycles. The molecule has 1 N–H and O–H groups in total. The lowest BCUT2D eigenvalue weighted by Gasteiger charge is -2.54. The first-order valence-corrected chi connectivity index (χ1v) is 9.33. The van der Waals surface area contributed by atoms with E-state index in [1.165, 1.54) is 0 Å². The average Bonchev–Trinajstić information content (AvgIpc) is 2.56. The summed E-state index contributed by atoms with van der Waals surface area (Å²) in [5.74, 6) is -2.93. The van der Waals surface area contributed by atoms with Crippen LogP contribution in [-0.2, 0) is 23.9 Å². The van der Waals surface area contributed by atoms with Crippen LogP contribution in [0.1, 0.15) is 53.4 Å². The quantitative estimate of drug-likeness (QED) is 0.441. The van der Waals surface area contributed by atoms with Crippen LogP contribution in [0.15, 0.2) is 12.2 Å². The van der Waals surface area contributed by atoms with E-state index in [-0.39, 0.29) is 30.5 Å². The molecule has 146 valence electrons. The van der Waals surface area contributed by atoms with Crippen LogP contribution in [0.5, 0.6) is 0 Å². The van der Waals surface area contributed by atoms with E-state index in [9.17, 15) is 19.5 Å². The van der Waals surface area contributed by atoms with E-state index in [2.05, 4.69) is 6.92 Å². The molecule has 0 amide bonds. The summed E-state index contributed by atoms with van der Waals surface area (Å²) in [7, 11) is 0. The van der Waals surface area contributed by atoms with E-state index in [0.29, 0.717) is 12.8 Å². The molecule has 1 fully saturated rings. The summed E-state index contributed by atoms with van der Waals surface area (Å²) in [4.78, 5) is 36.1. The zero-order valence-electron chi connectivity index (χ0n) is 16.1. The molecule has 0 saturated heterocycles. The standard InChI is InChI=1S/C20H30O6/c1-13-9-10-20(13,19(2,3)4)18(24)26-12-11-25-17(23)15-8-6-5-7-14(15)16(21)22/h5-6,13-15H,7-12H2,1-4H3,(H,21,22). The van der Waals surface area contributed by atoms with E-state index in [0.717, 1.165) is 12.8 Å². The summed E-state index contributed by atoms with van der Waals surface area (Å²) < 4.78 is 10.6. The van der Waals surface area contributed by atoms with Gasteiger partial charge in [-0.1, -0.05) is 39.8 Å². The van der Waals surface area contributed by atoms with Crippen molar-refractivity contribution in [3.63, 3.8) is 0 Å². The molecular weight excluding hydrogens is 336 g/mol. The molecule has 2 aliphatic carbocycles. The van der Waals surface area contributed by atoms with Crippen LogP contribution in [0.25, 0.3) is 0 Å². The number of esters is 2. The highest BCUT2D eigenvalue weighted by Crippen LogP contribution is 2.58. The summed E-state index contributed by atoms with van der Waals surface area (Å²) in [5.41, 5.74) is -0.679. The Bertz CT molecular complexity index is 588. The maximum Gasteiger partial charge on any atom is 0.312 e. The molecule has 4 atom stereocenters. The lowest BCUT2D eigenvalue weighted by Crippen LogP contribution is -2.55. The fraction of sp³-hybridized carbons (Fsp3) is 0.750. The highest BCUT2D eigenvalue weighted by atomic mass is 16.6. The highest BCUT2D eigenvalue weighted by Gasteiger charge is 2.58. The normalized spacial score (nSPS) is 31.0. The number of carboxylic acids is 1. The molecule has 6 nitrogen and oxygen atoms in total. The number of carbonyl (C=O) groups excluding carboxylic acids is 2. The minimum Gasteiger partial charge on any atom is -0.481 e.